The van der Waals surface area contributed by atoms with Crippen LogP contribution in [0.5, 0.6) is 0 Å². The van der Waals surface area contributed by atoms with E-state index in [1.807, 2.05) is 0 Å². The van der Waals surface area contributed by atoms with Gasteiger partial charge in [0.2, 0.25) is 10.3 Å². The Balaban J connectivity index is 4.77. The molecule has 0 aromatic carbocycles. The quantitative estimate of drug-likeness (QED) is 0.209. The fourth-order valence-corrected chi connectivity index (χ4v) is 1.92. The second-order valence-electron chi connectivity index (χ2n) is 1.60. The second-order valence-corrected chi connectivity index (χ2v) is 4.61. The van der Waals surface area contributed by atoms with Crippen molar-refractivity contribution in [1.82, 2.24) is 0 Å². The number of rotatable bonds is 5. The molecule has 0 N–H and O–H groups in total. The van der Waals surface area contributed by atoms with Gasteiger partial charge < -0.3 is 13.3 Å². The molecule has 0 saturated carbocycles. The van der Waals surface area contributed by atoms with Crippen LogP contribution >= 0.6 is 0 Å². The van der Waals surface area contributed by atoms with Crippen LogP contribution in [0.1, 0.15) is 0 Å². The van der Waals surface area contributed by atoms with Gasteiger partial charge >= 0.3 is 8.97 Å². The zero-order valence-electron chi connectivity index (χ0n) is 6.87. The molecule has 0 aliphatic heterocycles. The molecular weight excluding hydrogens is 218 g/mol. The molecule has 74 valence electrons. The molecule has 0 aliphatic carbocycles. The molecule has 0 aliphatic rings. The van der Waals surface area contributed by atoms with Crippen molar-refractivity contribution in [2.45, 2.75) is 0 Å². The van der Waals surface area contributed by atoms with Gasteiger partial charge in [0.25, 0.3) is 0 Å². The van der Waals surface area contributed by atoms with Gasteiger partial charge in [-0.1, -0.05) is 0 Å². The van der Waals surface area contributed by atoms with Crippen molar-refractivity contribution in [2.75, 3.05) is 14.2 Å². The van der Waals surface area contributed by atoms with Crippen LogP contribution in [-0.4, -0.2) is 37.2 Å². The number of hydrogen-bond acceptors (Lipinski definition) is 6. The van der Waals surface area contributed by atoms with Crippen molar-refractivity contribution in [3.05, 3.63) is 10.4 Å². The lowest BCUT2D eigenvalue weighted by Crippen LogP contribution is -2.41. The van der Waals surface area contributed by atoms with Gasteiger partial charge in [-0.05, 0) is 10.3 Å². The standard InChI is InChI=1S/C3H7N3O5SSi/c1-9-13(10-2,6-5-4)11-3-12(7)8/h3H,1-2H3. The first-order valence-corrected chi connectivity index (χ1v) is 5.67. The molecule has 13 heavy (non-hydrogen) atoms. The van der Waals surface area contributed by atoms with Gasteiger partial charge in [-0.2, -0.15) is 8.42 Å². The summed E-state index contributed by atoms with van der Waals surface area (Å²) in [6.45, 7) is 0. The van der Waals surface area contributed by atoms with Gasteiger partial charge in [0, 0.05) is 19.1 Å². The molecule has 0 aromatic rings. The predicted molar refractivity (Wildman–Crippen MR) is 45.0 cm³/mol. The number of nitrogens with zero attached hydrogens (tertiary/aromatic N) is 3. The third kappa shape index (κ3) is 4.03. The highest BCUT2D eigenvalue weighted by Crippen LogP contribution is 2.07. The summed E-state index contributed by atoms with van der Waals surface area (Å²) in [7, 11) is -3.70. The van der Waals surface area contributed by atoms with Crippen LogP contribution in [0.15, 0.2) is 4.78 Å². The van der Waals surface area contributed by atoms with Crippen LogP contribution in [0.3, 0.4) is 0 Å². The van der Waals surface area contributed by atoms with E-state index < -0.39 is 19.3 Å². The van der Waals surface area contributed by atoms with Crippen LogP contribution in [0.4, 0.5) is 0 Å². The lowest BCUT2D eigenvalue weighted by atomic mass is 11.7. The summed E-state index contributed by atoms with van der Waals surface area (Å²) in [5, 5.41) is 0. The summed E-state index contributed by atoms with van der Waals surface area (Å²) < 4.78 is 37.1. The van der Waals surface area contributed by atoms with Gasteiger partial charge in [-0.15, -0.1) is 0 Å². The van der Waals surface area contributed by atoms with Gasteiger partial charge in [-0.25, -0.2) is 0 Å². The lowest BCUT2D eigenvalue weighted by Gasteiger charge is -2.17. The molecule has 0 amide bonds. The Bertz CT molecular complexity index is 321. The van der Waals surface area contributed by atoms with Crippen molar-refractivity contribution in [2.24, 2.45) is 4.78 Å². The zero-order valence-corrected chi connectivity index (χ0v) is 8.68. The first kappa shape index (κ1) is 12.1. The van der Waals surface area contributed by atoms with E-state index in [0.717, 1.165) is 0 Å². The normalized spacial score (nSPS) is 10.3. The van der Waals surface area contributed by atoms with E-state index in [2.05, 4.69) is 23.0 Å². The first-order valence-electron chi connectivity index (χ1n) is 2.86. The average Bonchev–Trinajstić information content (AvgIpc) is 2.12. The maximum Gasteiger partial charge on any atom is 0.596 e. The van der Waals surface area contributed by atoms with Gasteiger partial charge in [0.05, 0.1) is 0 Å². The minimum atomic E-state index is -3.55. The highest BCUT2D eigenvalue weighted by molar-refractivity contribution is 7.71. The van der Waals surface area contributed by atoms with Crippen molar-refractivity contribution in [1.29, 1.82) is 0 Å². The topological polar surface area (TPSA) is 111 Å². The van der Waals surface area contributed by atoms with E-state index in [9.17, 15) is 8.42 Å². The Labute approximate surface area is 76.6 Å². The third-order valence-corrected chi connectivity index (χ3v) is 3.16. The summed E-state index contributed by atoms with van der Waals surface area (Å²) in [4.78, 5) is 2.42. The highest BCUT2D eigenvalue weighted by atomic mass is 32.2. The zero-order chi connectivity index (χ0) is 10.3. The third-order valence-electron chi connectivity index (χ3n) is 0.959. The Morgan fingerprint density at radius 3 is 2.31 bits per heavy atom. The Morgan fingerprint density at radius 2 is 2.00 bits per heavy atom. The molecule has 0 atom stereocenters. The molecule has 0 radical (unpaired) electrons. The highest BCUT2D eigenvalue weighted by Gasteiger charge is 2.38. The Morgan fingerprint density at radius 1 is 1.46 bits per heavy atom. The number of hydrogen-bond donors (Lipinski definition) is 0. The maximum absolute atomic E-state index is 10.1. The minimum Gasteiger partial charge on any atom is -0.374 e. The summed E-state index contributed by atoms with van der Waals surface area (Å²) >= 11 is 0. The molecule has 8 nitrogen and oxygen atoms in total. The van der Waals surface area contributed by atoms with E-state index in [-0.39, 0.29) is 0 Å². The SMILES string of the molecule is CO[Si](N=[N+]=[N-])(OC)OC=S(=O)=O. The monoisotopic (exact) mass is 225 g/mol. The second kappa shape index (κ2) is 5.69. The molecule has 10 heteroatoms. The molecule has 0 rings (SSSR count). The Hall–Kier alpha value is -0.903. The van der Waals surface area contributed by atoms with Crippen molar-refractivity contribution >= 4 is 24.8 Å². The molecule has 0 saturated heterocycles. The van der Waals surface area contributed by atoms with Gasteiger partial charge in [0.1, 0.15) is 0 Å². The molecule has 0 spiro atoms. The fraction of sp³-hybridized carbons (Fsp3) is 0.667. The van der Waals surface area contributed by atoms with E-state index in [0.29, 0.717) is 5.55 Å². The summed E-state index contributed by atoms with van der Waals surface area (Å²) in [5.74, 6) is 0. The van der Waals surface area contributed by atoms with Crippen LogP contribution in [0.2, 0.25) is 0 Å². The molecule has 0 fully saturated rings. The van der Waals surface area contributed by atoms with Crippen LogP contribution < -0.4 is 0 Å². The van der Waals surface area contributed by atoms with Gasteiger partial charge in [0.15, 0.2) is 5.55 Å². The van der Waals surface area contributed by atoms with Crippen molar-refractivity contribution in [3.63, 3.8) is 0 Å². The minimum absolute atomic E-state index is 0.452. The number of azide groups is 1. The molecule has 0 heterocycles. The van der Waals surface area contributed by atoms with Crippen LogP contribution in [0, 0.1) is 0 Å². The molecule has 0 aromatic heterocycles. The van der Waals surface area contributed by atoms with Crippen molar-refractivity contribution < 1.29 is 21.7 Å². The van der Waals surface area contributed by atoms with Crippen LogP contribution in [-0.2, 0) is 23.6 Å². The maximum atomic E-state index is 10.1. The fourth-order valence-electron chi connectivity index (χ4n) is 0.440. The summed E-state index contributed by atoms with van der Waals surface area (Å²) in [5.41, 5.74) is 8.57. The first-order chi connectivity index (χ1) is 6.10. The largest absolute Gasteiger partial charge is 0.596 e. The van der Waals surface area contributed by atoms with Crippen molar-refractivity contribution in [3.8, 4) is 0 Å². The van der Waals surface area contributed by atoms with Crippen LogP contribution in [0.25, 0.3) is 10.4 Å². The van der Waals surface area contributed by atoms with Gasteiger partial charge in [-0.3, -0.25) is 0 Å². The summed E-state index contributed by atoms with van der Waals surface area (Å²) in [6, 6.07) is 0. The predicted octanol–water partition coefficient (Wildman–Crippen LogP) is -0.319. The van der Waals surface area contributed by atoms with E-state index in [1.54, 1.807) is 0 Å². The van der Waals surface area contributed by atoms with E-state index in [1.165, 1.54) is 14.2 Å². The van der Waals surface area contributed by atoms with E-state index in [4.69, 9.17) is 5.53 Å². The molecule has 0 bridgehead atoms. The smallest absolute Gasteiger partial charge is 0.374 e. The molecular formula is C3H7N3O5SSi. The summed E-state index contributed by atoms with van der Waals surface area (Å²) in [6.07, 6.45) is 0. The average molecular weight is 225 g/mol. The lowest BCUT2D eigenvalue weighted by molar-refractivity contribution is 0.162. The Kier molecular flexibility index (Phi) is 5.30. The molecule has 0 unspecified atom stereocenters. The van der Waals surface area contributed by atoms with E-state index >= 15 is 0 Å².